The molecular formula is C20H24N2O3. The molecule has 0 spiro atoms. The first-order chi connectivity index (χ1) is 12.0. The summed E-state index contributed by atoms with van der Waals surface area (Å²) < 4.78 is 10.4. The first-order valence-electron chi connectivity index (χ1n) is 8.19. The molecule has 0 atom stereocenters. The van der Waals surface area contributed by atoms with Gasteiger partial charge >= 0.3 is 0 Å². The minimum Gasteiger partial charge on any atom is -0.497 e. The van der Waals surface area contributed by atoms with Crippen molar-refractivity contribution in [2.75, 3.05) is 14.2 Å². The Labute approximate surface area is 148 Å². The van der Waals surface area contributed by atoms with Crippen LogP contribution in [0.25, 0.3) is 0 Å². The Morgan fingerprint density at radius 3 is 2.12 bits per heavy atom. The summed E-state index contributed by atoms with van der Waals surface area (Å²) in [6.07, 6.45) is 0.770. The molecule has 0 aliphatic rings. The quantitative estimate of drug-likeness (QED) is 0.614. The van der Waals surface area contributed by atoms with Gasteiger partial charge in [-0.25, -0.2) is 5.43 Å². The second kappa shape index (κ2) is 8.87. The van der Waals surface area contributed by atoms with Crippen LogP contribution in [0.5, 0.6) is 11.5 Å². The van der Waals surface area contributed by atoms with Crippen molar-refractivity contribution < 1.29 is 14.3 Å². The lowest BCUT2D eigenvalue weighted by Gasteiger charge is -2.11. The van der Waals surface area contributed by atoms with Crippen LogP contribution in [-0.4, -0.2) is 25.8 Å². The van der Waals surface area contributed by atoms with E-state index in [1.165, 1.54) is 0 Å². The van der Waals surface area contributed by atoms with E-state index in [1.807, 2.05) is 30.3 Å². The lowest BCUT2D eigenvalue weighted by molar-refractivity contribution is 0.0954. The Morgan fingerprint density at radius 2 is 1.60 bits per heavy atom. The summed E-state index contributed by atoms with van der Waals surface area (Å²) in [5.41, 5.74) is 4.92. The summed E-state index contributed by atoms with van der Waals surface area (Å²) in [5.74, 6) is 1.22. The van der Waals surface area contributed by atoms with Crippen molar-refractivity contribution in [3.63, 3.8) is 0 Å². The van der Waals surface area contributed by atoms with Gasteiger partial charge in [0.2, 0.25) is 0 Å². The lowest BCUT2D eigenvalue weighted by Crippen LogP contribution is -2.21. The maximum absolute atomic E-state index is 12.5. The van der Waals surface area contributed by atoms with E-state index in [9.17, 15) is 4.79 Å². The Bertz CT molecular complexity index is 718. The van der Waals surface area contributed by atoms with Gasteiger partial charge < -0.3 is 9.47 Å². The molecule has 0 fully saturated rings. The van der Waals surface area contributed by atoms with Crippen LogP contribution in [-0.2, 0) is 0 Å². The number of nitrogens with zero attached hydrogens (tertiary/aromatic N) is 1. The highest BCUT2D eigenvalue weighted by Crippen LogP contribution is 2.22. The number of carbonyl (C=O) groups is 1. The van der Waals surface area contributed by atoms with Gasteiger partial charge in [-0.3, -0.25) is 4.79 Å². The van der Waals surface area contributed by atoms with Gasteiger partial charge in [0.1, 0.15) is 11.5 Å². The molecule has 2 aromatic rings. The summed E-state index contributed by atoms with van der Waals surface area (Å²) >= 11 is 0. The highest BCUT2D eigenvalue weighted by Gasteiger charge is 2.11. The molecule has 2 rings (SSSR count). The van der Waals surface area contributed by atoms with Crippen LogP contribution in [0.4, 0.5) is 0 Å². The van der Waals surface area contributed by atoms with Gasteiger partial charge in [-0.1, -0.05) is 44.2 Å². The van der Waals surface area contributed by atoms with E-state index in [4.69, 9.17) is 9.47 Å². The van der Waals surface area contributed by atoms with Crippen LogP contribution >= 0.6 is 0 Å². The van der Waals surface area contributed by atoms with Crippen molar-refractivity contribution in [3.8, 4) is 11.5 Å². The largest absolute Gasteiger partial charge is 0.497 e. The van der Waals surface area contributed by atoms with E-state index < -0.39 is 0 Å². The topological polar surface area (TPSA) is 59.9 Å². The number of nitrogens with one attached hydrogen (secondary N) is 1. The molecule has 1 N–H and O–H groups in total. The van der Waals surface area contributed by atoms with E-state index in [0.29, 0.717) is 23.0 Å². The van der Waals surface area contributed by atoms with Crippen molar-refractivity contribution in [1.29, 1.82) is 0 Å². The molecule has 0 bridgehead atoms. The standard InChI is InChI=1S/C20H24N2O3/c1-14(2)10-19(15-8-6-5-7-9-15)21-22-20(23)16-11-17(24-3)13-18(12-16)25-4/h5-9,11-14H,10H2,1-4H3,(H,22,23)/b21-19-. The van der Waals surface area contributed by atoms with Gasteiger partial charge in [0.15, 0.2) is 0 Å². The van der Waals surface area contributed by atoms with Crippen LogP contribution in [0, 0.1) is 5.92 Å². The number of methoxy groups -OCH3 is 2. The molecular weight excluding hydrogens is 316 g/mol. The normalized spacial score (nSPS) is 11.3. The van der Waals surface area contributed by atoms with Crippen molar-refractivity contribution in [1.82, 2.24) is 5.43 Å². The summed E-state index contributed by atoms with van der Waals surface area (Å²) in [6.45, 7) is 4.24. The molecule has 0 aliphatic heterocycles. The average molecular weight is 340 g/mol. The molecule has 0 aliphatic carbocycles. The number of carbonyl (C=O) groups excluding carboxylic acids is 1. The number of hydrogen-bond donors (Lipinski definition) is 1. The molecule has 2 aromatic carbocycles. The third-order valence-electron chi connectivity index (χ3n) is 3.61. The summed E-state index contributed by atoms with van der Waals surface area (Å²) in [6, 6.07) is 14.9. The third-order valence-corrected chi connectivity index (χ3v) is 3.61. The van der Waals surface area contributed by atoms with Gasteiger partial charge in [0, 0.05) is 11.6 Å². The smallest absolute Gasteiger partial charge is 0.271 e. The van der Waals surface area contributed by atoms with Crippen LogP contribution in [0.2, 0.25) is 0 Å². The molecule has 0 heterocycles. The zero-order valence-corrected chi connectivity index (χ0v) is 15.1. The van der Waals surface area contributed by atoms with Gasteiger partial charge in [-0.15, -0.1) is 0 Å². The lowest BCUT2D eigenvalue weighted by atomic mass is 10.0. The summed E-state index contributed by atoms with van der Waals surface area (Å²) in [7, 11) is 3.09. The summed E-state index contributed by atoms with van der Waals surface area (Å²) in [4.78, 5) is 12.5. The second-order valence-electron chi connectivity index (χ2n) is 6.06. The predicted octanol–water partition coefficient (Wildman–Crippen LogP) is 3.88. The van der Waals surface area contributed by atoms with Crippen LogP contribution in [0.15, 0.2) is 53.6 Å². The molecule has 0 saturated carbocycles. The van der Waals surface area contributed by atoms with E-state index in [-0.39, 0.29) is 5.91 Å². The molecule has 132 valence electrons. The highest BCUT2D eigenvalue weighted by atomic mass is 16.5. The molecule has 0 radical (unpaired) electrons. The van der Waals surface area contributed by atoms with Gasteiger partial charge in [0.25, 0.3) is 5.91 Å². The van der Waals surface area contributed by atoms with Gasteiger partial charge in [-0.05, 0) is 30.0 Å². The fourth-order valence-corrected chi connectivity index (χ4v) is 2.37. The predicted molar refractivity (Wildman–Crippen MR) is 99.4 cm³/mol. The molecule has 1 amide bonds. The van der Waals surface area contributed by atoms with Crippen LogP contribution < -0.4 is 14.9 Å². The second-order valence-corrected chi connectivity index (χ2v) is 6.06. The van der Waals surface area contributed by atoms with Gasteiger partial charge in [-0.2, -0.15) is 5.10 Å². The number of ether oxygens (including phenoxy) is 2. The molecule has 0 saturated heterocycles. The SMILES string of the molecule is COc1cc(OC)cc(C(=O)N/N=C(/CC(C)C)c2ccccc2)c1. The minimum absolute atomic E-state index is 0.311. The zero-order chi connectivity index (χ0) is 18.2. The Hall–Kier alpha value is -2.82. The molecule has 25 heavy (non-hydrogen) atoms. The summed E-state index contributed by atoms with van der Waals surface area (Å²) in [5, 5.41) is 4.36. The Balaban J connectivity index is 2.23. The molecule has 0 aromatic heterocycles. The first-order valence-corrected chi connectivity index (χ1v) is 8.19. The van der Waals surface area contributed by atoms with Crippen molar-refractivity contribution >= 4 is 11.6 Å². The highest BCUT2D eigenvalue weighted by molar-refractivity contribution is 6.02. The maximum atomic E-state index is 12.5. The molecule has 5 nitrogen and oxygen atoms in total. The van der Waals surface area contributed by atoms with Crippen molar-refractivity contribution in [3.05, 3.63) is 59.7 Å². The minimum atomic E-state index is -0.311. The Morgan fingerprint density at radius 1 is 1.00 bits per heavy atom. The van der Waals surface area contributed by atoms with Crippen molar-refractivity contribution in [2.45, 2.75) is 20.3 Å². The van der Waals surface area contributed by atoms with Crippen LogP contribution in [0.1, 0.15) is 36.2 Å². The van der Waals surface area contributed by atoms with Gasteiger partial charge in [0.05, 0.1) is 19.9 Å². The van der Waals surface area contributed by atoms with E-state index in [1.54, 1.807) is 32.4 Å². The molecule has 0 unspecified atom stereocenters. The fraction of sp³-hybridized carbons (Fsp3) is 0.300. The molecule has 5 heteroatoms. The number of hydrazone groups is 1. The van der Waals surface area contributed by atoms with Crippen molar-refractivity contribution in [2.24, 2.45) is 11.0 Å². The fourth-order valence-electron chi connectivity index (χ4n) is 2.37. The Kier molecular flexibility index (Phi) is 6.57. The number of rotatable bonds is 7. The zero-order valence-electron chi connectivity index (χ0n) is 15.1. The van der Waals surface area contributed by atoms with E-state index in [2.05, 4.69) is 24.4 Å². The first kappa shape index (κ1) is 18.5. The number of hydrogen-bond acceptors (Lipinski definition) is 4. The number of benzene rings is 2. The van der Waals surface area contributed by atoms with Crippen LogP contribution in [0.3, 0.4) is 0 Å². The average Bonchev–Trinajstić information content (AvgIpc) is 2.64. The maximum Gasteiger partial charge on any atom is 0.271 e. The number of amides is 1. The third kappa shape index (κ3) is 5.35. The monoisotopic (exact) mass is 340 g/mol. The van der Waals surface area contributed by atoms with E-state index >= 15 is 0 Å². The van der Waals surface area contributed by atoms with E-state index in [0.717, 1.165) is 17.7 Å².